The van der Waals surface area contributed by atoms with Crippen LogP contribution < -0.4 is 20.6 Å². The van der Waals surface area contributed by atoms with E-state index in [0.717, 1.165) is 16.7 Å². The van der Waals surface area contributed by atoms with Crippen LogP contribution in [0.2, 0.25) is 0 Å². The van der Waals surface area contributed by atoms with Gasteiger partial charge in [-0.2, -0.15) is 5.10 Å². The summed E-state index contributed by atoms with van der Waals surface area (Å²) in [6, 6.07) is 15.3. The van der Waals surface area contributed by atoms with Crippen molar-refractivity contribution in [1.29, 1.82) is 0 Å². The lowest BCUT2D eigenvalue weighted by Crippen LogP contribution is -2.17. The number of nitrogens with one attached hydrogen (secondary N) is 1. The highest BCUT2D eigenvalue weighted by atomic mass is 32.1. The topological polar surface area (TPSA) is 112 Å². The fourth-order valence-corrected chi connectivity index (χ4v) is 4.20. The maximum atomic E-state index is 12.6. The summed E-state index contributed by atoms with van der Waals surface area (Å²) in [5.41, 5.74) is 11.0. The van der Waals surface area contributed by atoms with Crippen LogP contribution in [0.4, 0.5) is 5.82 Å². The molecule has 0 aliphatic carbocycles. The largest absolute Gasteiger partial charge is 0.493 e. The molecule has 0 saturated heterocycles. The average molecular weight is 448 g/mol. The Kier molecular flexibility index (Phi) is 6.27. The number of aromatic nitrogens is 2. The third kappa shape index (κ3) is 4.52. The summed E-state index contributed by atoms with van der Waals surface area (Å²) in [6.45, 7) is 2.25. The van der Waals surface area contributed by atoms with Gasteiger partial charge in [-0.3, -0.25) is 4.79 Å². The van der Waals surface area contributed by atoms with Crippen LogP contribution in [0.3, 0.4) is 0 Å². The highest BCUT2D eigenvalue weighted by Gasteiger charge is 2.18. The first-order chi connectivity index (χ1) is 15.6. The van der Waals surface area contributed by atoms with Gasteiger partial charge in [0.25, 0.3) is 5.91 Å². The molecule has 0 bridgehead atoms. The highest BCUT2D eigenvalue weighted by molar-refractivity contribution is 7.20. The average Bonchev–Trinajstić information content (AvgIpc) is 3.16. The van der Waals surface area contributed by atoms with Crippen molar-refractivity contribution >= 4 is 39.5 Å². The van der Waals surface area contributed by atoms with Crippen LogP contribution in [0.15, 0.2) is 60.0 Å². The van der Waals surface area contributed by atoms with Crippen molar-refractivity contribution in [2.75, 3.05) is 12.8 Å². The number of fused-ring (bicyclic) bond motifs is 1. The predicted molar refractivity (Wildman–Crippen MR) is 125 cm³/mol. The van der Waals surface area contributed by atoms with Gasteiger partial charge in [0, 0.05) is 0 Å². The summed E-state index contributed by atoms with van der Waals surface area (Å²) in [5.74, 6) is 1.21. The summed E-state index contributed by atoms with van der Waals surface area (Å²) in [5, 5.41) is 4.77. The number of carbonyl (C=O) groups is 1. The lowest BCUT2D eigenvalue weighted by atomic mass is 10.2. The van der Waals surface area contributed by atoms with Gasteiger partial charge < -0.3 is 15.2 Å². The summed E-state index contributed by atoms with van der Waals surface area (Å²) in [7, 11) is 1.58. The van der Waals surface area contributed by atoms with E-state index in [1.54, 1.807) is 13.2 Å². The van der Waals surface area contributed by atoms with Gasteiger partial charge in [-0.15, -0.1) is 11.3 Å². The number of aryl methyl sites for hydroxylation is 1. The standard InChI is InChI=1S/C23H21N5O3S/c1-14-19-21(24)25-13-26-23(19)32-20(14)22(29)28-27-11-16-8-9-17(18(10-16)30-2)31-12-15-6-4-3-5-7-15/h3-11,13H,12H2,1-2H3,(H,28,29)(H2,24,25,26)/b27-11-. The minimum absolute atomic E-state index is 0.337. The molecular formula is C23H21N5O3S. The first kappa shape index (κ1) is 21.3. The maximum absolute atomic E-state index is 12.6. The van der Waals surface area contributed by atoms with Gasteiger partial charge in [-0.05, 0) is 41.8 Å². The van der Waals surface area contributed by atoms with E-state index in [4.69, 9.17) is 15.2 Å². The Labute approximate surface area is 188 Å². The Hall–Kier alpha value is -3.98. The number of thiophene rings is 1. The smallest absolute Gasteiger partial charge is 0.281 e. The third-order valence-electron chi connectivity index (χ3n) is 4.77. The van der Waals surface area contributed by atoms with E-state index in [0.29, 0.717) is 39.0 Å². The lowest BCUT2D eigenvalue weighted by Gasteiger charge is -2.11. The Morgan fingerprint density at radius 3 is 2.75 bits per heavy atom. The zero-order valence-electron chi connectivity index (χ0n) is 17.5. The number of rotatable bonds is 7. The molecule has 32 heavy (non-hydrogen) atoms. The number of methoxy groups -OCH3 is 1. The van der Waals surface area contributed by atoms with Crippen molar-refractivity contribution in [3.05, 3.63) is 76.4 Å². The minimum Gasteiger partial charge on any atom is -0.493 e. The molecule has 0 unspecified atom stereocenters. The van der Waals surface area contributed by atoms with Crippen LogP contribution in [-0.2, 0) is 6.61 Å². The number of benzene rings is 2. The minimum atomic E-state index is -0.337. The quantitative estimate of drug-likeness (QED) is 0.328. The monoisotopic (exact) mass is 447 g/mol. The molecule has 0 atom stereocenters. The summed E-state index contributed by atoms with van der Waals surface area (Å²) >= 11 is 1.25. The zero-order chi connectivity index (χ0) is 22.5. The molecule has 3 N–H and O–H groups in total. The number of hydrogen-bond acceptors (Lipinski definition) is 8. The van der Waals surface area contributed by atoms with E-state index in [1.165, 1.54) is 23.9 Å². The van der Waals surface area contributed by atoms with Crippen molar-refractivity contribution in [3.8, 4) is 11.5 Å². The number of hydrogen-bond donors (Lipinski definition) is 2. The molecule has 2 aromatic carbocycles. The van der Waals surface area contributed by atoms with E-state index < -0.39 is 0 Å². The van der Waals surface area contributed by atoms with E-state index in [1.807, 2.05) is 49.4 Å². The molecule has 0 aliphatic rings. The van der Waals surface area contributed by atoms with Gasteiger partial charge in [0.05, 0.1) is 23.6 Å². The molecule has 2 aromatic heterocycles. The lowest BCUT2D eigenvalue weighted by molar-refractivity contribution is 0.0958. The predicted octanol–water partition coefficient (Wildman–Crippen LogP) is 3.93. The van der Waals surface area contributed by atoms with Crippen molar-refractivity contribution in [2.24, 2.45) is 5.10 Å². The summed E-state index contributed by atoms with van der Waals surface area (Å²) < 4.78 is 11.3. The zero-order valence-corrected chi connectivity index (χ0v) is 18.3. The van der Waals surface area contributed by atoms with E-state index in [2.05, 4.69) is 20.5 Å². The van der Waals surface area contributed by atoms with Crippen LogP contribution in [0, 0.1) is 6.92 Å². The fraction of sp³-hybridized carbons (Fsp3) is 0.130. The second-order valence-corrected chi connectivity index (χ2v) is 7.88. The molecule has 1 amide bonds. The van der Waals surface area contributed by atoms with Gasteiger partial charge in [0.2, 0.25) is 0 Å². The molecule has 4 aromatic rings. The van der Waals surface area contributed by atoms with Crippen molar-refractivity contribution in [1.82, 2.24) is 15.4 Å². The fourth-order valence-electron chi connectivity index (χ4n) is 3.15. The van der Waals surface area contributed by atoms with E-state index in [-0.39, 0.29) is 5.91 Å². The number of nitrogens with zero attached hydrogens (tertiary/aromatic N) is 3. The number of carbonyl (C=O) groups excluding carboxylic acids is 1. The van der Waals surface area contributed by atoms with Crippen LogP contribution in [0.5, 0.6) is 11.5 Å². The Morgan fingerprint density at radius 2 is 2.00 bits per heavy atom. The van der Waals surface area contributed by atoms with Crippen LogP contribution in [0.1, 0.15) is 26.4 Å². The normalized spacial score (nSPS) is 11.1. The number of ether oxygens (including phenoxy) is 2. The van der Waals surface area contributed by atoms with Gasteiger partial charge in [0.1, 0.15) is 23.6 Å². The Balaban J connectivity index is 1.43. The second-order valence-electron chi connectivity index (χ2n) is 6.88. The van der Waals surface area contributed by atoms with Crippen molar-refractivity contribution < 1.29 is 14.3 Å². The molecule has 0 aliphatic heterocycles. The van der Waals surface area contributed by atoms with E-state index in [9.17, 15) is 4.79 Å². The number of hydrazone groups is 1. The molecule has 0 saturated carbocycles. The van der Waals surface area contributed by atoms with Crippen LogP contribution in [-0.4, -0.2) is 29.2 Å². The van der Waals surface area contributed by atoms with Crippen LogP contribution >= 0.6 is 11.3 Å². The molecule has 0 fully saturated rings. The third-order valence-corrected chi connectivity index (χ3v) is 5.97. The molecule has 0 spiro atoms. The number of amides is 1. The molecule has 8 nitrogen and oxygen atoms in total. The maximum Gasteiger partial charge on any atom is 0.281 e. The molecular weight excluding hydrogens is 426 g/mol. The molecule has 162 valence electrons. The Morgan fingerprint density at radius 1 is 1.19 bits per heavy atom. The number of nitrogen functional groups attached to an aromatic ring is 1. The number of nitrogens with two attached hydrogens (primary N) is 1. The summed E-state index contributed by atoms with van der Waals surface area (Å²) in [6.07, 6.45) is 2.92. The molecule has 4 rings (SSSR count). The van der Waals surface area contributed by atoms with Gasteiger partial charge in [-0.25, -0.2) is 15.4 Å². The van der Waals surface area contributed by atoms with E-state index >= 15 is 0 Å². The highest BCUT2D eigenvalue weighted by Crippen LogP contribution is 2.32. The number of anilines is 1. The van der Waals surface area contributed by atoms with Gasteiger partial charge >= 0.3 is 0 Å². The van der Waals surface area contributed by atoms with Crippen molar-refractivity contribution in [3.63, 3.8) is 0 Å². The van der Waals surface area contributed by atoms with Gasteiger partial charge in [-0.1, -0.05) is 30.3 Å². The second kappa shape index (κ2) is 9.44. The molecule has 2 heterocycles. The van der Waals surface area contributed by atoms with Gasteiger partial charge in [0.15, 0.2) is 11.5 Å². The SMILES string of the molecule is COc1cc(/C=N\NC(=O)c2sc3ncnc(N)c3c2C)ccc1OCc1ccccc1. The Bertz CT molecular complexity index is 1290. The van der Waals surface area contributed by atoms with Crippen LogP contribution in [0.25, 0.3) is 10.2 Å². The summed E-state index contributed by atoms with van der Waals surface area (Å²) in [4.78, 5) is 21.9. The van der Waals surface area contributed by atoms with Crippen molar-refractivity contribution in [2.45, 2.75) is 13.5 Å². The first-order valence-corrected chi connectivity index (χ1v) is 10.6. The first-order valence-electron chi connectivity index (χ1n) is 9.74. The molecule has 0 radical (unpaired) electrons. The molecule has 9 heteroatoms.